The van der Waals surface area contributed by atoms with Crippen LogP contribution in [-0.2, 0) is 6.54 Å². The zero-order valence-electron chi connectivity index (χ0n) is 9.70. The summed E-state index contributed by atoms with van der Waals surface area (Å²) in [7, 11) is 0. The molecule has 2 aromatic rings. The van der Waals surface area contributed by atoms with Crippen molar-refractivity contribution in [2.24, 2.45) is 5.10 Å². The van der Waals surface area contributed by atoms with Crippen LogP contribution in [-0.4, -0.2) is 10.4 Å². The molecule has 0 bridgehead atoms. The summed E-state index contributed by atoms with van der Waals surface area (Å²) < 4.78 is 2.27. The number of hydrogen-bond acceptors (Lipinski definition) is 4. The molecule has 3 rings (SSSR count). The molecule has 0 aliphatic carbocycles. The van der Waals surface area contributed by atoms with Crippen LogP contribution in [0.25, 0.3) is 10.9 Å². The molecular formula is C12H17N5. The van der Waals surface area contributed by atoms with Crippen molar-refractivity contribution >= 4 is 16.7 Å². The van der Waals surface area contributed by atoms with Crippen molar-refractivity contribution in [3.63, 3.8) is 0 Å². The van der Waals surface area contributed by atoms with Gasteiger partial charge in [0, 0.05) is 31.5 Å². The zero-order chi connectivity index (χ0) is 11.7. The number of aryl methyl sites for hydroxylation is 2. The van der Waals surface area contributed by atoms with Crippen LogP contribution in [0.15, 0.2) is 35.6 Å². The number of benzene rings is 1. The van der Waals surface area contributed by atoms with E-state index in [1.165, 1.54) is 16.5 Å². The zero-order valence-corrected chi connectivity index (χ0v) is 9.70. The second-order valence-electron chi connectivity index (χ2n) is 4.19. The molecule has 0 saturated carbocycles. The highest BCUT2D eigenvalue weighted by molar-refractivity contribution is 5.85. The van der Waals surface area contributed by atoms with Gasteiger partial charge >= 0.3 is 0 Å². The summed E-state index contributed by atoms with van der Waals surface area (Å²) in [4.78, 5) is 0. The Morgan fingerprint density at radius 2 is 2.24 bits per heavy atom. The van der Waals surface area contributed by atoms with E-state index in [9.17, 15) is 0 Å². The fourth-order valence-corrected chi connectivity index (χ4v) is 2.18. The van der Waals surface area contributed by atoms with E-state index in [2.05, 4.69) is 63.5 Å². The first-order valence-electron chi connectivity index (χ1n) is 5.71. The molecule has 17 heavy (non-hydrogen) atoms. The highest BCUT2D eigenvalue weighted by Gasteiger charge is 2.07. The lowest BCUT2D eigenvalue weighted by atomic mass is 10.2. The van der Waals surface area contributed by atoms with Crippen LogP contribution in [0.4, 0.5) is 0 Å². The smallest absolute Gasteiger partial charge is 0.141 e. The third-order valence-corrected chi connectivity index (χ3v) is 3.03. The van der Waals surface area contributed by atoms with Gasteiger partial charge in [-0.25, -0.2) is 5.53 Å². The van der Waals surface area contributed by atoms with E-state index in [1.807, 2.05) is 0 Å². The minimum atomic E-state index is 0. The number of nitrogens with zero attached hydrogens (tertiary/aromatic N) is 2. The average Bonchev–Trinajstić information content (AvgIpc) is 2.96. The van der Waals surface area contributed by atoms with Crippen molar-refractivity contribution in [2.75, 3.05) is 0 Å². The monoisotopic (exact) mass is 231 g/mol. The maximum atomic E-state index is 4.07. The largest absolute Gasteiger partial charge is 0.347 e. The normalized spacial score (nSPS) is 14.5. The van der Waals surface area contributed by atoms with E-state index in [1.54, 1.807) is 0 Å². The minimum absolute atomic E-state index is 0. The van der Waals surface area contributed by atoms with Gasteiger partial charge in [0.1, 0.15) is 5.84 Å². The topological polar surface area (TPSA) is 53.4 Å². The average molecular weight is 231 g/mol. The molecule has 0 saturated heterocycles. The van der Waals surface area contributed by atoms with E-state index in [0.717, 1.165) is 18.8 Å². The number of hydrazone groups is 1. The second-order valence-corrected chi connectivity index (χ2v) is 4.19. The van der Waals surface area contributed by atoms with Crippen LogP contribution in [0.1, 0.15) is 13.4 Å². The van der Waals surface area contributed by atoms with Crippen LogP contribution in [0.5, 0.6) is 0 Å². The summed E-state index contributed by atoms with van der Waals surface area (Å²) in [5.74, 6) is 0.931. The first kappa shape index (κ1) is 10.2. The highest BCUT2D eigenvalue weighted by Crippen LogP contribution is 2.20. The number of rotatable bonds is 3. The van der Waals surface area contributed by atoms with E-state index in [0.29, 0.717) is 0 Å². The molecule has 0 spiro atoms. The molecular weight excluding hydrogens is 214 g/mol. The van der Waals surface area contributed by atoms with Crippen LogP contribution in [0.2, 0.25) is 0 Å². The number of fused-ring (bicyclic) bond motifs is 1. The maximum absolute atomic E-state index is 4.07. The van der Waals surface area contributed by atoms with Gasteiger partial charge in [-0.2, -0.15) is 0 Å². The Bertz CT molecular complexity index is 575. The second kappa shape index (κ2) is 4.10. The highest BCUT2D eigenvalue weighted by atomic mass is 15.8. The van der Waals surface area contributed by atoms with Gasteiger partial charge < -0.3 is 4.57 Å². The number of hydrogen-bond donors (Lipinski definition) is 3. The molecule has 0 fully saturated rings. The Morgan fingerprint density at radius 1 is 1.35 bits per heavy atom. The van der Waals surface area contributed by atoms with E-state index in [-0.39, 0.29) is 1.43 Å². The predicted octanol–water partition coefficient (Wildman–Crippen LogP) is 1.51. The Morgan fingerprint density at radius 3 is 3.06 bits per heavy atom. The molecule has 3 N–H and O–H groups in total. The van der Waals surface area contributed by atoms with Gasteiger partial charge in [-0.1, -0.05) is 18.2 Å². The van der Waals surface area contributed by atoms with Crippen molar-refractivity contribution in [1.29, 1.82) is 0 Å². The van der Waals surface area contributed by atoms with E-state index >= 15 is 0 Å². The Hall–Kier alpha value is -2.01. The lowest BCUT2D eigenvalue weighted by Crippen LogP contribution is -2.35. The molecule has 1 aromatic heterocycles. The predicted molar refractivity (Wildman–Crippen MR) is 70.2 cm³/mol. The summed E-state index contributed by atoms with van der Waals surface area (Å²) in [6, 6.07) is 8.47. The Labute approximate surface area is 101 Å². The van der Waals surface area contributed by atoms with Crippen molar-refractivity contribution in [3.05, 3.63) is 36.0 Å². The third kappa shape index (κ3) is 1.85. The van der Waals surface area contributed by atoms with Crippen molar-refractivity contribution < 1.29 is 1.43 Å². The van der Waals surface area contributed by atoms with Gasteiger partial charge in [0.25, 0.3) is 0 Å². The summed E-state index contributed by atoms with van der Waals surface area (Å²) in [5.41, 5.74) is 11.0. The molecule has 2 heterocycles. The molecule has 0 atom stereocenters. The number of aromatic nitrogens is 1. The minimum Gasteiger partial charge on any atom is -0.347 e. The van der Waals surface area contributed by atoms with E-state index in [4.69, 9.17) is 0 Å². The molecule has 5 nitrogen and oxygen atoms in total. The van der Waals surface area contributed by atoms with Gasteiger partial charge in [0.15, 0.2) is 0 Å². The van der Waals surface area contributed by atoms with E-state index < -0.39 is 0 Å². The van der Waals surface area contributed by atoms with Gasteiger partial charge in [-0.05, 0) is 18.6 Å². The quantitative estimate of drug-likeness (QED) is 0.750. The number of hydrazine groups is 2. The van der Waals surface area contributed by atoms with Gasteiger partial charge in [-0.3, -0.25) is 5.43 Å². The number of nitrogens with one attached hydrogen (secondary N) is 3. The molecule has 0 amide bonds. The first-order valence-corrected chi connectivity index (χ1v) is 5.71. The summed E-state index contributed by atoms with van der Waals surface area (Å²) in [6.45, 7) is 3.07. The van der Waals surface area contributed by atoms with Gasteiger partial charge in [-0.15, -0.1) is 10.6 Å². The van der Waals surface area contributed by atoms with Crippen molar-refractivity contribution in [2.45, 2.75) is 19.9 Å². The van der Waals surface area contributed by atoms with Gasteiger partial charge in [0.2, 0.25) is 0 Å². The van der Waals surface area contributed by atoms with Crippen LogP contribution < -0.4 is 16.5 Å². The first-order chi connectivity index (χ1) is 8.34. The molecule has 0 unspecified atom stereocenters. The van der Waals surface area contributed by atoms with Crippen LogP contribution in [0, 0.1) is 6.92 Å². The fraction of sp³-hybridized carbons (Fsp3) is 0.250. The molecule has 1 aromatic carbocycles. The van der Waals surface area contributed by atoms with Crippen molar-refractivity contribution in [3.8, 4) is 0 Å². The lowest BCUT2D eigenvalue weighted by Gasteiger charge is -2.04. The van der Waals surface area contributed by atoms with Crippen LogP contribution >= 0.6 is 0 Å². The Kier molecular flexibility index (Phi) is 2.45. The molecule has 1 aliphatic rings. The lowest BCUT2D eigenvalue weighted by molar-refractivity contribution is 0.575. The number of para-hydroxylation sites is 1. The Balaban J connectivity index is 0.00000120. The van der Waals surface area contributed by atoms with Crippen LogP contribution in [0.3, 0.4) is 0 Å². The van der Waals surface area contributed by atoms with Gasteiger partial charge in [0.05, 0.1) is 0 Å². The summed E-state index contributed by atoms with van der Waals surface area (Å²) in [5, 5.41) is 5.39. The summed E-state index contributed by atoms with van der Waals surface area (Å²) in [6.07, 6.45) is 3.07. The standard InChI is InChI=1S/C12H15N5.H2/c1-9-8-17(7-6-12-13-15-16-14-12)11-5-3-2-4-10(9)11;/h2-5,8,15-16H,6-7H2,1H3,(H,13,14);1H. The molecule has 5 heteroatoms. The SMILES string of the molecule is Cc1cn(CCC2=NNNN2)c2ccccc12.[HH]. The molecule has 90 valence electrons. The number of amidine groups is 1. The third-order valence-electron chi connectivity index (χ3n) is 3.03. The molecule has 1 aliphatic heterocycles. The fourth-order valence-electron chi connectivity index (χ4n) is 2.18. The maximum Gasteiger partial charge on any atom is 0.141 e. The van der Waals surface area contributed by atoms with Crippen molar-refractivity contribution in [1.82, 2.24) is 21.1 Å². The molecule has 0 radical (unpaired) electrons. The summed E-state index contributed by atoms with van der Waals surface area (Å²) >= 11 is 0.